The SMILES string of the molecule is COc1cc(/C=C2\C(=O)NC(=O)N(c3ccc(OCc4ccc(Cl)cc4)cc3)C2=O)cc(Cl)c1OCc1c(C)ccc2ccccc12. The molecule has 1 saturated heterocycles. The van der Waals surface area contributed by atoms with Crippen molar-refractivity contribution >= 4 is 63.6 Å². The number of methoxy groups -OCH3 is 1. The molecule has 0 spiro atoms. The summed E-state index contributed by atoms with van der Waals surface area (Å²) in [6, 6.07) is 28.1. The van der Waals surface area contributed by atoms with Crippen molar-refractivity contribution in [2.75, 3.05) is 12.0 Å². The summed E-state index contributed by atoms with van der Waals surface area (Å²) >= 11 is 12.6. The van der Waals surface area contributed by atoms with E-state index >= 15 is 0 Å². The zero-order valence-electron chi connectivity index (χ0n) is 25.4. The van der Waals surface area contributed by atoms with Crippen molar-refractivity contribution in [3.63, 3.8) is 0 Å². The highest BCUT2D eigenvalue weighted by atomic mass is 35.5. The third kappa shape index (κ3) is 6.79. The molecule has 5 aromatic carbocycles. The van der Waals surface area contributed by atoms with E-state index in [0.29, 0.717) is 34.4 Å². The van der Waals surface area contributed by atoms with E-state index < -0.39 is 17.8 Å². The van der Waals surface area contributed by atoms with Gasteiger partial charge in [0.05, 0.1) is 17.8 Å². The Hall–Kier alpha value is -5.31. The molecule has 1 aliphatic rings. The van der Waals surface area contributed by atoms with Gasteiger partial charge >= 0.3 is 6.03 Å². The predicted octanol–water partition coefficient (Wildman–Crippen LogP) is 8.29. The van der Waals surface area contributed by atoms with Gasteiger partial charge in [-0.15, -0.1) is 0 Å². The predicted molar refractivity (Wildman–Crippen MR) is 182 cm³/mol. The number of nitrogens with one attached hydrogen (secondary N) is 1. The van der Waals surface area contributed by atoms with Crippen LogP contribution < -0.4 is 24.4 Å². The van der Waals surface area contributed by atoms with Crippen LogP contribution in [0.1, 0.15) is 22.3 Å². The van der Waals surface area contributed by atoms with E-state index in [1.165, 1.54) is 13.2 Å². The Balaban J connectivity index is 1.21. The molecule has 0 aliphatic carbocycles. The third-order valence-electron chi connectivity index (χ3n) is 7.71. The van der Waals surface area contributed by atoms with Gasteiger partial charge in [-0.25, -0.2) is 9.69 Å². The molecule has 1 fully saturated rings. The summed E-state index contributed by atoms with van der Waals surface area (Å²) in [7, 11) is 1.47. The number of carbonyl (C=O) groups is 3. The second-order valence-electron chi connectivity index (χ2n) is 10.8. The quantitative estimate of drug-likeness (QED) is 0.126. The van der Waals surface area contributed by atoms with Gasteiger partial charge in [-0.1, -0.05) is 71.7 Å². The number of nitrogens with zero attached hydrogens (tertiary/aromatic N) is 1. The van der Waals surface area contributed by atoms with Crippen LogP contribution in [0.2, 0.25) is 10.0 Å². The summed E-state index contributed by atoms with van der Waals surface area (Å²) in [5.74, 6) is -0.470. The number of amides is 4. The van der Waals surface area contributed by atoms with Crippen LogP contribution in [-0.2, 0) is 22.8 Å². The minimum atomic E-state index is -0.866. The van der Waals surface area contributed by atoms with E-state index in [4.69, 9.17) is 37.4 Å². The smallest absolute Gasteiger partial charge is 0.335 e. The summed E-state index contributed by atoms with van der Waals surface area (Å²) in [6.45, 7) is 2.57. The van der Waals surface area contributed by atoms with Crippen LogP contribution in [0.3, 0.4) is 0 Å². The molecule has 10 heteroatoms. The Morgan fingerprint density at radius 3 is 2.32 bits per heavy atom. The van der Waals surface area contributed by atoms with Crippen LogP contribution in [-0.4, -0.2) is 25.0 Å². The van der Waals surface area contributed by atoms with E-state index in [-0.39, 0.29) is 22.9 Å². The van der Waals surface area contributed by atoms with Gasteiger partial charge in [0.2, 0.25) is 0 Å². The van der Waals surface area contributed by atoms with Gasteiger partial charge in [-0.2, -0.15) is 0 Å². The molecule has 4 amide bonds. The molecular weight excluding hydrogens is 639 g/mol. The second kappa shape index (κ2) is 13.6. The average Bonchev–Trinajstić information content (AvgIpc) is 3.07. The summed E-state index contributed by atoms with van der Waals surface area (Å²) < 4.78 is 17.6. The van der Waals surface area contributed by atoms with Crippen LogP contribution in [0, 0.1) is 6.92 Å². The van der Waals surface area contributed by atoms with Crippen molar-refractivity contribution in [3.8, 4) is 17.2 Å². The molecule has 0 bridgehead atoms. The molecule has 236 valence electrons. The topological polar surface area (TPSA) is 94.2 Å². The highest BCUT2D eigenvalue weighted by molar-refractivity contribution is 6.39. The maximum Gasteiger partial charge on any atom is 0.335 e. The molecule has 0 radical (unpaired) electrons. The first-order valence-electron chi connectivity index (χ1n) is 14.6. The second-order valence-corrected chi connectivity index (χ2v) is 11.6. The Labute approximate surface area is 281 Å². The highest BCUT2D eigenvalue weighted by Crippen LogP contribution is 2.38. The monoisotopic (exact) mass is 666 g/mol. The normalized spacial score (nSPS) is 14.0. The fraction of sp³-hybridized carbons (Fsp3) is 0.108. The lowest BCUT2D eigenvalue weighted by atomic mass is 10.0. The van der Waals surface area contributed by atoms with Crippen LogP contribution in [0.25, 0.3) is 16.8 Å². The van der Waals surface area contributed by atoms with Gasteiger partial charge in [-0.3, -0.25) is 14.9 Å². The number of fused-ring (bicyclic) bond motifs is 1. The van der Waals surface area contributed by atoms with Gasteiger partial charge in [0.1, 0.15) is 24.5 Å². The number of carbonyl (C=O) groups excluding carboxylic acids is 3. The molecule has 0 atom stereocenters. The molecule has 1 N–H and O–H groups in total. The molecule has 8 nitrogen and oxygen atoms in total. The first-order valence-corrected chi connectivity index (χ1v) is 15.3. The van der Waals surface area contributed by atoms with Crippen LogP contribution >= 0.6 is 23.2 Å². The van der Waals surface area contributed by atoms with Crippen molar-refractivity contribution in [1.82, 2.24) is 5.32 Å². The van der Waals surface area contributed by atoms with Crippen molar-refractivity contribution in [2.45, 2.75) is 20.1 Å². The molecule has 5 aromatic rings. The first kappa shape index (κ1) is 31.7. The standard InChI is InChI=1S/C37H28Cl2N2O6/c1-22-7-10-25-5-3-4-6-29(25)31(22)21-47-34-32(39)18-24(19-33(34)45-2)17-30-35(42)40-37(44)41(36(30)43)27-13-15-28(16-14-27)46-20-23-8-11-26(38)12-9-23/h3-19H,20-21H2,1-2H3,(H,40,42,44)/b30-17+. The van der Waals surface area contributed by atoms with Crippen LogP contribution in [0.4, 0.5) is 10.5 Å². The summed E-state index contributed by atoms with van der Waals surface area (Å²) in [4.78, 5) is 40.0. The van der Waals surface area contributed by atoms with E-state index in [0.717, 1.165) is 32.4 Å². The lowest BCUT2D eigenvalue weighted by Gasteiger charge is -2.26. The number of halogens is 2. The number of aryl methyl sites for hydroxylation is 1. The minimum Gasteiger partial charge on any atom is -0.493 e. The molecule has 47 heavy (non-hydrogen) atoms. The Morgan fingerprint density at radius 1 is 0.830 bits per heavy atom. The van der Waals surface area contributed by atoms with Crippen molar-refractivity contribution in [3.05, 3.63) is 135 Å². The number of ether oxygens (including phenoxy) is 3. The molecule has 0 aromatic heterocycles. The summed E-state index contributed by atoms with van der Waals surface area (Å²) in [5.41, 5.74) is 3.41. The number of urea groups is 1. The lowest BCUT2D eigenvalue weighted by Crippen LogP contribution is -2.54. The fourth-order valence-electron chi connectivity index (χ4n) is 5.24. The largest absolute Gasteiger partial charge is 0.493 e. The zero-order valence-corrected chi connectivity index (χ0v) is 26.9. The number of barbiturate groups is 1. The van der Waals surface area contributed by atoms with Gasteiger partial charge in [0.25, 0.3) is 11.8 Å². The van der Waals surface area contributed by atoms with Gasteiger partial charge in [-0.05, 0) is 89.0 Å². The minimum absolute atomic E-state index is 0.222. The highest BCUT2D eigenvalue weighted by Gasteiger charge is 2.37. The van der Waals surface area contributed by atoms with E-state index in [2.05, 4.69) is 11.4 Å². The van der Waals surface area contributed by atoms with Gasteiger partial charge < -0.3 is 14.2 Å². The van der Waals surface area contributed by atoms with Crippen LogP contribution in [0.5, 0.6) is 17.2 Å². The van der Waals surface area contributed by atoms with Crippen LogP contribution in [0.15, 0.2) is 103 Å². The van der Waals surface area contributed by atoms with E-state index in [9.17, 15) is 14.4 Å². The maximum atomic E-state index is 13.5. The number of benzene rings is 5. The van der Waals surface area contributed by atoms with E-state index in [1.807, 2.05) is 49.4 Å². The van der Waals surface area contributed by atoms with Gasteiger partial charge in [0.15, 0.2) is 11.5 Å². The maximum absolute atomic E-state index is 13.5. The fourth-order valence-corrected chi connectivity index (χ4v) is 5.64. The van der Waals surface area contributed by atoms with Crippen molar-refractivity contribution in [1.29, 1.82) is 0 Å². The number of hydrogen-bond acceptors (Lipinski definition) is 6. The molecular formula is C37H28Cl2N2O6. The Bertz CT molecular complexity index is 2040. The number of anilines is 1. The Morgan fingerprint density at radius 2 is 1.57 bits per heavy atom. The van der Waals surface area contributed by atoms with Crippen molar-refractivity contribution < 1.29 is 28.6 Å². The molecule has 6 rings (SSSR count). The van der Waals surface area contributed by atoms with E-state index in [1.54, 1.807) is 48.5 Å². The van der Waals surface area contributed by atoms with Gasteiger partial charge in [0, 0.05) is 10.6 Å². The first-order chi connectivity index (χ1) is 22.7. The zero-order chi connectivity index (χ0) is 33.1. The Kier molecular flexibility index (Phi) is 9.15. The molecule has 1 aliphatic heterocycles. The number of hydrogen-bond donors (Lipinski definition) is 1. The van der Waals surface area contributed by atoms with Crippen molar-refractivity contribution in [2.24, 2.45) is 0 Å². The summed E-state index contributed by atoms with van der Waals surface area (Å²) in [6.07, 6.45) is 1.35. The summed E-state index contributed by atoms with van der Waals surface area (Å²) in [5, 5.41) is 5.26. The number of rotatable bonds is 9. The lowest BCUT2D eigenvalue weighted by molar-refractivity contribution is -0.122. The molecule has 0 unspecified atom stereocenters. The number of imide groups is 2. The molecule has 1 heterocycles. The third-order valence-corrected chi connectivity index (χ3v) is 8.25. The average molecular weight is 668 g/mol. The molecule has 0 saturated carbocycles.